The van der Waals surface area contributed by atoms with Gasteiger partial charge in [0.2, 0.25) is 0 Å². The molecule has 1 aliphatic rings. The molecule has 34 valence electrons. The molecule has 0 aromatic carbocycles. The summed E-state index contributed by atoms with van der Waals surface area (Å²) < 4.78 is 0. The first-order chi connectivity index (χ1) is 2.89. The van der Waals surface area contributed by atoms with Crippen LogP contribution in [0, 0.1) is 0 Å². The topological polar surface area (TPSA) is 24.1 Å². The van der Waals surface area contributed by atoms with Crippen LogP contribution in [0.3, 0.4) is 0 Å². The van der Waals surface area contributed by atoms with Crippen molar-refractivity contribution in [1.29, 1.82) is 0 Å². The minimum Gasteiger partial charge on any atom is -0.341 e. The Hall–Kier alpha value is -0.0151. The standard InChI is InChI=1S/C3H9BN2/c1-4-5-2-3-6-4/h5-6H,2-3H2,1H3. The SMILES string of the molecule is CB1NCCN1. The van der Waals surface area contributed by atoms with Crippen molar-refractivity contribution in [3.63, 3.8) is 0 Å². The maximum Gasteiger partial charge on any atom is 0.302 e. The Labute approximate surface area is 38.4 Å². The lowest BCUT2D eigenvalue weighted by atomic mass is 9.83. The van der Waals surface area contributed by atoms with Crippen molar-refractivity contribution >= 4 is 6.98 Å². The van der Waals surface area contributed by atoms with Crippen LogP contribution in [0.15, 0.2) is 0 Å². The molecule has 1 saturated heterocycles. The molecule has 1 fully saturated rings. The molecule has 0 aromatic heterocycles. The van der Waals surface area contributed by atoms with E-state index < -0.39 is 0 Å². The van der Waals surface area contributed by atoms with Crippen molar-refractivity contribution in [2.75, 3.05) is 13.1 Å². The van der Waals surface area contributed by atoms with Crippen LogP contribution < -0.4 is 10.5 Å². The van der Waals surface area contributed by atoms with Gasteiger partial charge in [-0.25, -0.2) is 0 Å². The molecule has 3 heteroatoms. The summed E-state index contributed by atoms with van der Waals surface area (Å²) in [6, 6.07) is 0. The number of hydrogen-bond acceptors (Lipinski definition) is 2. The van der Waals surface area contributed by atoms with Crippen LogP contribution in [0.2, 0.25) is 6.82 Å². The number of hydrogen-bond donors (Lipinski definition) is 2. The summed E-state index contributed by atoms with van der Waals surface area (Å²) in [7, 11) is 0. The second-order valence-corrected chi connectivity index (χ2v) is 1.63. The van der Waals surface area contributed by atoms with E-state index in [4.69, 9.17) is 0 Å². The van der Waals surface area contributed by atoms with Crippen LogP contribution in [-0.2, 0) is 0 Å². The average molecular weight is 83.9 g/mol. The van der Waals surface area contributed by atoms with Gasteiger partial charge in [-0.2, -0.15) is 0 Å². The van der Waals surface area contributed by atoms with Gasteiger partial charge in [-0.15, -0.1) is 0 Å². The highest BCUT2D eigenvalue weighted by atomic mass is 15.0. The third-order valence-corrected chi connectivity index (χ3v) is 1.03. The van der Waals surface area contributed by atoms with Gasteiger partial charge in [0, 0.05) is 0 Å². The fraction of sp³-hybridized carbons (Fsp3) is 1.00. The molecule has 0 amide bonds. The molecule has 6 heavy (non-hydrogen) atoms. The Bertz CT molecular complexity index is 42.1. The van der Waals surface area contributed by atoms with Gasteiger partial charge in [-0.05, 0) is 13.1 Å². The van der Waals surface area contributed by atoms with Crippen molar-refractivity contribution in [3.8, 4) is 0 Å². The highest BCUT2D eigenvalue weighted by Crippen LogP contribution is 1.74. The first-order valence-corrected chi connectivity index (χ1v) is 2.36. The van der Waals surface area contributed by atoms with Gasteiger partial charge in [0.1, 0.15) is 0 Å². The van der Waals surface area contributed by atoms with Gasteiger partial charge < -0.3 is 10.5 Å². The monoisotopic (exact) mass is 84.1 g/mol. The first-order valence-electron chi connectivity index (χ1n) is 2.36. The third kappa shape index (κ3) is 0.728. The Balaban J connectivity index is 2.18. The maximum absolute atomic E-state index is 3.21. The van der Waals surface area contributed by atoms with E-state index in [1.54, 1.807) is 0 Å². The lowest BCUT2D eigenvalue weighted by molar-refractivity contribution is 0.942. The summed E-state index contributed by atoms with van der Waals surface area (Å²) in [5.41, 5.74) is 0. The fourth-order valence-corrected chi connectivity index (χ4v) is 0.650. The predicted molar refractivity (Wildman–Crippen MR) is 27.6 cm³/mol. The molecule has 0 unspecified atom stereocenters. The van der Waals surface area contributed by atoms with Gasteiger partial charge >= 0.3 is 6.98 Å². The van der Waals surface area contributed by atoms with E-state index in [0.717, 1.165) is 13.1 Å². The fourth-order valence-electron chi connectivity index (χ4n) is 0.650. The summed E-state index contributed by atoms with van der Waals surface area (Å²) >= 11 is 0. The van der Waals surface area contributed by atoms with Crippen LogP contribution in [-0.4, -0.2) is 20.1 Å². The molecule has 2 nitrogen and oxygen atoms in total. The zero-order valence-corrected chi connectivity index (χ0v) is 3.99. The molecule has 2 N–H and O–H groups in total. The lowest BCUT2D eigenvalue weighted by Gasteiger charge is -1.89. The van der Waals surface area contributed by atoms with Crippen molar-refractivity contribution < 1.29 is 0 Å². The normalized spacial score (nSPS) is 22.5. The van der Waals surface area contributed by atoms with E-state index in [-0.39, 0.29) is 0 Å². The summed E-state index contributed by atoms with van der Waals surface area (Å²) in [5, 5.41) is 6.42. The van der Waals surface area contributed by atoms with E-state index in [1.807, 2.05) is 0 Å². The van der Waals surface area contributed by atoms with E-state index in [1.165, 1.54) is 0 Å². The van der Waals surface area contributed by atoms with Crippen LogP contribution in [0.5, 0.6) is 0 Å². The summed E-state index contributed by atoms with van der Waals surface area (Å²) in [6.07, 6.45) is 0. The summed E-state index contributed by atoms with van der Waals surface area (Å²) in [4.78, 5) is 0. The molecule has 0 saturated carbocycles. The second kappa shape index (κ2) is 1.62. The second-order valence-electron chi connectivity index (χ2n) is 1.63. The molecule has 1 aliphatic heterocycles. The van der Waals surface area contributed by atoms with E-state index in [0.29, 0.717) is 6.98 Å². The van der Waals surface area contributed by atoms with Crippen LogP contribution in [0.4, 0.5) is 0 Å². The Kier molecular flexibility index (Phi) is 1.12. The Morgan fingerprint density at radius 1 is 1.33 bits per heavy atom. The van der Waals surface area contributed by atoms with Crippen molar-refractivity contribution in [2.24, 2.45) is 0 Å². The van der Waals surface area contributed by atoms with Gasteiger partial charge in [-0.3, -0.25) is 0 Å². The van der Waals surface area contributed by atoms with Crippen LogP contribution >= 0.6 is 0 Å². The van der Waals surface area contributed by atoms with Gasteiger partial charge in [0.15, 0.2) is 0 Å². The molecule has 0 aromatic rings. The number of nitrogens with one attached hydrogen (secondary N) is 2. The van der Waals surface area contributed by atoms with Crippen molar-refractivity contribution in [1.82, 2.24) is 10.5 Å². The molecule has 1 heterocycles. The highest BCUT2D eigenvalue weighted by Gasteiger charge is 2.09. The Morgan fingerprint density at radius 2 is 1.83 bits per heavy atom. The number of rotatable bonds is 0. The van der Waals surface area contributed by atoms with Gasteiger partial charge in [-0.1, -0.05) is 6.82 Å². The quantitative estimate of drug-likeness (QED) is 0.379. The lowest BCUT2D eigenvalue weighted by Crippen LogP contribution is -2.32. The zero-order valence-electron chi connectivity index (χ0n) is 3.99. The molecule has 0 aliphatic carbocycles. The molecular formula is C3H9BN2. The predicted octanol–water partition coefficient (Wildman–Crippen LogP) is -0.703. The zero-order chi connectivity index (χ0) is 4.41. The third-order valence-electron chi connectivity index (χ3n) is 1.03. The largest absolute Gasteiger partial charge is 0.341 e. The van der Waals surface area contributed by atoms with Crippen LogP contribution in [0.25, 0.3) is 0 Å². The minimum atomic E-state index is 0.546. The van der Waals surface area contributed by atoms with Gasteiger partial charge in [0.25, 0.3) is 0 Å². The van der Waals surface area contributed by atoms with Crippen molar-refractivity contribution in [2.45, 2.75) is 6.82 Å². The van der Waals surface area contributed by atoms with E-state index in [2.05, 4.69) is 17.3 Å². The molecule has 0 radical (unpaired) electrons. The molecule has 0 atom stereocenters. The average Bonchev–Trinajstić information content (AvgIpc) is 1.86. The Morgan fingerprint density at radius 3 is 2.00 bits per heavy atom. The maximum atomic E-state index is 3.21. The van der Waals surface area contributed by atoms with E-state index in [9.17, 15) is 0 Å². The summed E-state index contributed by atoms with van der Waals surface area (Å²) in [5.74, 6) is 0. The molecule has 0 spiro atoms. The van der Waals surface area contributed by atoms with Gasteiger partial charge in [0.05, 0.1) is 0 Å². The smallest absolute Gasteiger partial charge is 0.302 e. The highest BCUT2D eigenvalue weighted by molar-refractivity contribution is 6.52. The van der Waals surface area contributed by atoms with Crippen molar-refractivity contribution in [3.05, 3.63) is 0 Å². The molecule has 0 bridgehead atoms. The molecule has 1 rings (SSSR count). The molecular weight excluding hydrogens is 74.9 g/mol. The van der Waals surface area contributed by atoms with Crippen LogP contribution in [0.1, 0.15) is 0 Å². The first kappa shape index (κ1) is 4.15. The minimum absolute atomic E-state index is 0.546. The summed E-state index contributed by atoms with van der Waals surface area (Å²) in [6.45, 7) is 4.92. The van der Waals surface area contributed by atoms with E-state index >= 15 is 0 Å².